The Balaban J connectivity index is 1.79. The van der Waals surface area contributed by atoms with Gasteiger partial charge in [0.1, 0.15) is 5.75 Å². The molecule has 2 N–H and O–H groups in total. The highest BCUT2D eigenvalue weighted by molar-refractivity contribution is 7.88. The van der Waals surface area contributed by atoms with Crippen molar-refractivity contribution in [1.82, 2.24) is 4.72 Å². The Morgan fingerprint density at radius 1 is 0.885 bits per heavy atom. The predicted molar refractivity (Wildman–Crippen MR) is 104 cm³/mol. The minimum Gasteiger partial charge on any atom is -0.497 e. The summed E-state index contributed by atoms with van der Waals surface area (Å²) in [6, 6.07) is 19.2. The third-order valence-corrected chi connectivity index (χ3v) is 5.41. The zero-order chi connectivity index (χ0) is 18.3. The second-order valence-corrected chi connectivity index (χ2v) is 8.29. The first-order chi connectivity index (χ1) is 12.5. The second kappa shape index (κ2) is 6.30. The zero-order valence-electron chi connectivity index (χ0n) is 14.6. The first-order valence-corrected chi connectivity index (χ1v) is 10.2. The molecular weight excluding hydrogens is 348 g/mol. The van der Waals surface area contributed by atoms with Gasteiger partial charge in [-0.15, -0.1) is 0 Å². The molecule has 3 aromatic carbocycles. The second-order valence-electron chi connectivity index (χ2n) is 6.51. The van der Waals surface area contributed by atoms with Crippen molar-refractivity contribution >= 4 is 26.5 Å². The van der Waals surface area contributed by atoms with Gasteiger partial charge in [0, 0.05) is 5.69 Å². The maximum Gasteiger partial charge on any atom is 0.209 e. The molecule has 2 atom stereocenters. The lowest BCUT2D eigenvalue weighted by Gasteiger charge is -2.24. The fourth-order valence-corrected chi connectivity index (χ4v) is 4.39. The Hall–Kier alpha value is -2.57. The van der Waals surface area contributed by atoms with Gasteiger partial charge in [-0.25, -0.2) is 13.1 Å². The van der Waals surface area contributed by atoms with Crippen molar-refractivity contribution in [1.29, 1.82) is 0 Å². The van der Waals surface area contributed by atoms with Crippen molar-refractivity contribution in [2.45, 2.75) is 12.1 Å². The van der Waals surface area contributed by atoms with Crippen LogP contribution >= 0.6 is 0 Å². The monoisotopic (exact) mass is 368 g/mol. The smallest absolute Gasteiger partial charge is 0.209 e. The van der Waals surface area contributed by atoms with Crippen LogP contribution in [0.2, 0.25) is 0 Å². The Labute approximate surface area is 153 Å². The van der Waals surface area contributed by atoms with Gasteiger partial charge in [-0.2, -0.15) is 0 Å². The minimum absolute atomic E-state index is 0.195. The highest BCUT2D eigenvalue weighted by Gasteiger charge is 2.35. The van der Waals surface area contributed by atoms with Crippen LogP contribution < -0.4 is 14.8 Å². The van der Waals surface area contributed by atoms with Gasteiger partial charge in [0.05, 0.1) is 25.4 Å². The molecule has 4 rings (SSSR count). The predicted octanol–water partition coefficient (Wildman–Crippen LogP) is 3.61. The molecular formula is C20H20N2O3S. The summed E-state index contributed by atoms with van der Waals surface area (Å²) in [6.45, 7) is 0. The number of anilines is 1. The number of sulfonamides is 1. The number of hydrogen-bond donors (Lipinski definition) is 2. The fraction of sp³-hybridized carbons (Fsp3) is 0.200. The quantitative estimate of drug-likeness (QED) is 0.722. The summed E-state index contributed by atoms with van der Waals surface area (Å²) in [7, 11) is -1.74. The zero-order valence-corrected chi connectivity index (χ0v) is 15.4. The Bertz CT molecular complexity index is 1060. The molecule has 134 valence electrons. The van der Waals surface area contributed by atoms with Crippen LogP contribution in [0.5, 0.6) is 5.75 Å². The van der Waals surface area contributed by atoms with E-state index >= 15 is 0 Å². The van der Waals surface area contributed by atoms with E-state index in [1.54, 1.807) is 7.11 Å². The molecule has 0 aliphatic heterocycles. The van der Waals surface area contributed by atoms with Gasteiger partial charge >= 0.3 is 0 Å². The van der Waals surface area contributed by atoms with Crippen molar-refractivity contribution in [3.05, 3.63) is 71.8 Å². The lowest BCUT2D eigenvalue weighted by Crippen LogP contribution is -2.32. The number of nitrogens with one attached hydrogen (secondary N) is 2. The van der Waals surface area contributed by atoms with Crippen LogP contribution in [0, 0.1) is 0 Å². The van der Waals surface area contributed by atoms with Crippen LogP contribution in [0.15, 0.2) is 60.7 Å². The molecule has 0 bridgehead atoms. The topological polar surface area (TPSA) is 67.4 Å². The van der Waals surface area contributed by atoms with Gasteiger partial charge in [0.15, 0.2) is 0 Å². The van der Waals surface area contributed by atoms with E-state index in [9.17, 15) is 8.42 Å². The van der Waals surface area contributed by atoms with E-state index < -0.39 is 10.0 Å². The first-order valence-electron chi connectivity index (χ1n) is 8.36. The van der Waals surface area contributed by atoms with E-state index in [0.717, 1.165) is 33.3 Å². The maximum absolute atomic E-state index is 12.0. The van der Waals surface area contributed by atoms with E-state index in [1.165, 1.54) is 6.26 Å². The normalized spacial score (nSPS) is 18.8. The summed E-state index contributed by atoms with van der Waals surface area (Å²) < 4.78 is 32.0. The minimum atomic E-state index is -3.37. The Morgan fingerprint density at radius 3 is 2.08 bits per heavy atom. The van der Waals surface area contributed by atoms with Crippen molar-refractivity contribution in [3.63, 3.8) is 0 Å². The summed E-state index contributed by atoms with van der Waals surface area (Å²) in [4.78, 5) is 0. The van der Waals surface area contributed by atoms with Gasteiger partial charge in [0.2, 0.25) is 10.0 Å². The molecule has 0 fully saturated rings. The average molecular weight is 368 g/mol. The average Bonchev–Trinajstić information content (AvgIpc) is 2.90. The van der Waals surface area contributed by atoms with Crippen LogP contribution in [0.1, 0.15) is 23.2 Å². The van der Waals surface area contributed by atoms with Crippen molar-refractivity contribution in [3.8, 4) is 5.75 Å². The van der Waals surface area contributed by atoms with Crippen molar-refractivity contribution in [2.24, 2.45) is 0 Å². The number of rotatable bonds is 5. The molecule has 0 saturated carbocycles. The molecule has 0 amide bonds. The van der Waals surface area contributed by atoms with Crippen LogP contribution in [0.4, 0.5) is 5.69 Å². The van der Waals surface area contributed by atoms with Crippen molar-refractivity contribution in [2.75, 3.05) is 18.7 Å². The molecule has 3 aromatic rings. The number of methoxy groups -OCH3 is 1. The van der Waals surface area contributed by atoms with Gasteiger partial charge in [-0.1, -0.05) is 36.4 Å². The molecule has 6 heteroatoms. The SMILES string of the molecule is COc1ccc(NC2c3cccc4cccc(c34)C2NS(C)(=O)=O)cc1. The molecule has 2 unspecified atom stereocenters. The Kier molecular flexibility index (Phi) is 4.09. The molecule has 1 aliphatic rings. The Morgan fingerprint density at radius 2 is 1.50 bits per heavy atom. The number of ether oxygens (including phenoxy) is 1. The van der Waals surface area contributed by atoms with Gasteiger partial charge in [0.25, 0.3) is 0 Å². The molecule has 0 heterocycles. The van der Waals surface area contributed by atoms with Crippen LogP contribution in [-0.4, -0.2) is 21.8 Å². The van der Waals surface area contributed by atoms with Gasteiger partial charge in [-0.3, -0.25) is 0 Å². The lowest BCUT2D eigenvalue weighted by atomic mass is 10.0. The highest BCUT2D eigenvalue weighted by Crippen LogP contribution is 2.45. The largest absolute Gasteiger partial charge is 0.497 e. The van der Waals surface area contributed by atoms with Crippen LogP contribution in [-0.2, 0) is 10.0 Å². The summed E-state index contributed by atoms with van der Waals surface area (Å²) in [5.74, 6) is 0.776. The lowest BCUT2D eigenvalue weighted by molar-refractivity contribution is 0.415. The third kappa shape index (κ3) is 3.02. The molecule has 0 radical (unpaired) electrons. The molecule has 0 aromatic heterocycles. The van der Waals surface area contributed by atoms with Crippen LogP contribution in [0.25, 0.3) is 10.8 Å². The van der Waals surface area contributed by atoms with Crippen LogP contribution in [0.3, 0.4) is 0 Å². The molecule has 26 heavy (non-hydrogen) atoms. The highest BCUT2D eigenvalue weighted by atomic mass is 32.2. The van der Waals surface area contributed by atoms with Gasteiger partial charge in [-0.05, 0) is 46.2 Å². The molecule has 0 saturated heterocycles. The fourth-order valence-electron chi connectivity index (χ4n) is 3.67. The summed E-state index contributed by atoms with van der Waals surface area (Å²) in [6.07, 6.45) is 1.20. The van der Waals surface area contributed by atoms with Gasteiger partial charge < -0.3 is 10.1 Å². The van der Waals surface area contributed by atoms with Crippen molar-refractivity contribution < 1.29 is 13.2 Å². The number of hydrogen-bond acceptors (Lipinski definition) is 4. The summed E-state index contributed by atoms with van der Waals surface area (Å²) >= 11 is 0. The summed E-state index contributed by atoms with van der Waals surface area (Å²) in [5, 5.41) is 5.71. The third-order valence-electron chi connectivity index (χ3n) is 4.73. The molecule has 1 aliphatic carbocycles. The maximum atomic E-state index is 12.0. The van der Waals surface area contributed by atoms with E-state index in [-0.39, 0.29) is 12.1 Å². The van der Waals surface area contributed by atoms with E-state index in [0.29, 0.717) is 0 Å². The van der Waals surface area contributed by atoms with E-state index in [4.69, 9.17) is 4.74 Å². The first kappa shape index (κ1) is 16.9. The van der Waals surface area contributed by atoms with E-state index in [2.05, 4.69) is 28.2 Å². The molecule has 5 nitrogen and oxygen atoms in total. The van der Waals surface area contributed by atoms with E-state index in [1.807, 2.05) is 42.5 Å². The summed E-state index contributed by atoms with van der Waals surface area (Å²) in [5.41, 5.74) is 2.99. The standard InChI is InChI=1S/C20H20N2O3S/c1-25-15-11-9-14(10-12-15)21-19-16-7-3-5-13-6-4-8-17(18(13)16)20(19)22-26(2,23)24/h3-12,19-22H,1-2H3. The molecule has 0 spiro atoms. The number of benzene rings is 3.